The van der Waals surface area contributed by atoms with E-state index in [1.54, 1.807) is 0 Å². The highest BCUT2D eigenvalue weighted by molar-refractivity contribution is 6.35. The number of H-pyrrole nitrogens is 1. The molecule has 0 amide bonds. The summed E-state index contributed by atoms with van der Waals surface area (Å²) in [7, 11) is 0. The first kappa shape index (κ1) is 12.1. The van der Waals surface area contributed by atoms with Gasteiger partial charge in [-0.2, -0.15) is 0 Å². The number of pyridine rings is 1. The van der Waals surface area contributed by atoms with Crippen LogP contribution in [-0.2, 0) is 6.42 Å². The summed E-state index contributed by atoms with van der Waals surface area (Å²) < 4.78 is 13.5. The van der Waals surface area contributed by atoms with Crippen molar-refractivity contribution in [1.82, 2.24) is 4.98 Å². The van der Waals surface area contributed by atoms with Gasteiger partial charge in [0.15, 0.2) is 5.43 Å². The smallest absolute Gasteiger partial charge is 0.192 e. The second kappa shape index (κ2) is 4.49. The molecule has 0 bridgehead atoms. The lowest BCUT2D eigenvalue weighted by atomic mass is 10.1. The number of hydrogen-bond donors (Lipinski definition) is 1. The number of fused-ring (bicyclic) bond motifs is 1. The number of benzene rings is 1. The van der Waals surface area contributed by atoms with Crippen LogP contribution in [0.25, 0.3) is 10.9 Å². The van der Waals surface area contributed by atoms with Crippen LogP contribution in [0, 0.1) is 11.7 Å². The van der Waals surface area contributed by atoms with Crippen molar-refractivity contribution in [3.63, 3.8) is 0 Å². The molecule has 17 heavy (non-hydrogen) atoms. The van der Waals surface area contributed by atoms with Crippen molar-refractivity contribution in [2.75, 3.05) is 0 Å². The first-order valence-electron chi connectivity index (χ1n) is 5.49. The Morgan fingerprint density at radius 3 is 2.76 bits per heavy atom. The zero-order chi connectivity index (χ0) is 12.6. The summed E-state index contributed by atoms with van der Waals surface area (Å²) in [6.45, 7) is 4.10. The van der Waals surface area contributed by atoms with Crippen LogP contribution in [0.4, 0.5) is 4.39 Å². The standard InChI is InChI=1S/C13H13ClFNO/c1-7(2)5-8-6-11(17)12-10(15)4-3-9(14)13(12)16-8/h3-4,6-7H,5H2,1-2H3,(H,16,17). The summed E-state index contributed by atoms with van der Waals surface area (Å²) >= 11 is 5.97. The van der Waals surface area contributed by atoms with Gasteiger partial charge in [0.25, 0.3) is 0 Å². The number of aromatic nitrogens is 1. The predicted molar refractivity (Wildman–Crippen MR) is 68.1 cm³/mol. The van der Waals surface area contributed by atoms with Crippen LogP contribution in [0.5, 0.6) is 0 Å². The number of aromatic amines is 1. The van der Waals surface area contributed by atoms with Crippen LogP contribution in [0.15, 0.2) is 23.0 Å². The van der Waals surface area contributed by atoms with Gasteiger partial charge in [-0.25, -0.2) is 4.39 Å². The van der Waals surface area contributed by atoms with Crippen LogP contribution < -0.4 is 5.43 Å². The summed E-state index contributed by atoms with van der Waals surface area (Å²) in [6, 6.07) is 4.11. The van der Waals surface area contributed by atoms with Crippen molar-refractivity contribution in [3.8, 4) is 0 Å². The van der Waals surface area contributed by atoms with Crippen molar-refractivity contribution >= 4 is 22.5 Å². The highest BCUT2D eigenvalue weighted by Crippen LogP contribution is 2.22. The quantitative estimate of drug-likeness (QED) is 0.873. The average molecular weight is 254 g/mol. The molecule has 0 unspecified atom stereocenters. The maximum absolute atomic E-state index is 13.5. The maximum atomic E-state index is 13.5. The molecular formula is C13H13ClFNO. The Morgan fingerprint density at radius 1 is 1.41 bits per heavy atom. The molecule has 0 fully saturated rings. The SMILES string of the molecule is CC(C)Cc1cc(=O)c2c(F)ccc(Cl)c2[nH]1. The summed E-state index contributed by atoms with van der Waals surface area (Å²) in [5, 5.41) is 0.397. The van der Waals surface area contributed by atoms with E-state index in [9.17, 15) is 9.18 Å². The molecule has 1 heterocycles. The lowest BCUT2D eigenvalue weighted by Gasteiger charge is -2.08. The minimum Gasteiger partial charge on any atom is -0.357 e. The van der Waals surface area contributed by atoms with Gasteiger partial charge >= 0.3 is 0 Å². The molecule has 2 nitrogen and oxygen atoms in total. The van der Waals surface area contributed by atoms with E-state index < -0.39 is 5.82 Å². The molecule has 0 aliphatic carbocycles. The van der Waals surface area contributed by atoms with Gasteiger partial charge in [0.2, 0.25) is 0 Å². The first-order valence-corrected chi connectivity index (χ1v) is 5.86. The van der Waals surface area contributed by atoms with Gasteiger partial charge in [-0.3, -0.25) is 4.79 Å². The number of nitrogens with one attached hydrogen (secondary N) is 1. The van der Waals surface area contributed by atoms with Crippen LogP contribution in [0.3, 0.4) is 0 Å². The fraction of sp³-hybridized carbons (Fsp3) is 0.308. The lowest BCUT2D eigenvalue weighted by molar-refractivity contribution is 0.632. The second-order valence-electron chi connectivity index (χ2n) is 4.54. The molecule has 1 N–H and O–H groups in total. The monoisotopic (exact) mass is 253 g/mol. The van der Waals surface area contributed by atoms with E-state index in [-0.39, 0.29) is 10.8 Å². The van der Waals surface area contributed by atoms with Crippen LogP contribution in [-0.4, -0.2) is 4.98 Å². The molecule has 0 radical (unpaired) electrons. The zero-order valence-electron chi connectivity index (χ0n) is 9.68. The Labute approximate surface area is 103 Å². The lowest BCUT2D eigenvalue weighted by Crippen LogP contribution is -2.09. The topological polar surface area (TPSA) is 32.9 Å². The molecule has 0 aliphatic rings. The van der Waals surface area contributed by atoms with E-state index in [1.807, 2.05) is 0 Å². The van der Waals surface area contributed by atoms with Crippen LogP contribution >= 0.6 is 11.6 Å². The van der Waals surface area contributed by atoms with Crippen molar-refractivity contribution in [3.05, 3.63) is 45.0 Å². The van der Waals surface area contributed by atoms with E-state index in [1.165, 1.54) is 18.2 Å². The predicted octanol–water partition coefficient (Wildman–Crippen LogP) is 3.52. The summed E-state index contributed by atoms with van der Waals surface area (Å²) in [5.41, 5.74) is 0.842. The van der Waals surface area contributed by atoms with E-state index in [0.29, 0.717) is 16.5 Å². The molecule has 90 valence electrons. The van der Waals surface area contributed by atoms with Crippen LogP contribution in [0.1, 0.15) is 19.5 Å². The van der Waals surface area contributed by atoms with Gasteiger partial charge in [-0.1, -0.05) is 25.4 Å². The van der Waals surface area contributed by atoms with E-state index in [2.05, 4.69) is 18.8 Å². The van der Waals surface area contributed by atoms with Gasteiger partial charge in [-0.05, 0) is 24.5 Å². The Balaban J connectivity index is 2.73. The molecular weight excluding hydrogens is 241 g/mol. The summed E-state index contributed by atoms with van der Waals surface area (Å²) in [6.07, 6.45) is 0.734. The fourth-order valence-electron chi connectivity index (χ4n) is 1.89. The molecule has 0 saturated carbocycles. The third-order valence-corrected chi connectivity index (χ3v) is 2.88. The normalized spacial score (nSPS) is 11.4. The van der Waals surface area contributed by atoms with Gasteiger partial charge in [-0.15, -0.1) is 0 Å². The highest BCUT2D eigenvalue weighted by atomic mass is 35.5. The Hall–Kier alpha value is -1.35. The van der Waals surface area contributed by atoms with Crippen molar-refractivity contribution in [1.29, 1.82) is 0 Å². The largest absolute Gasteiger partial charge is 0.357 e. The van der Waals surface area contributed by atoms with Gasteiger partial charge in [0, 0.05) is 11.8 Å². The molecule has 1 aromatic carbocycles. The minimum absolute atomic E-state index is 0.0324. The van der Waals surface area contributed by atoms with Crippen LogP contribution in [0.2, 0.25) is 5.02 Å². The van der Waals surface area contributed by atoms with E-state index >= 15 is 0 Å². The number of hydrogen-bond acceptors (Lipinski definition) is 1. The first-order chi connectivity index (χ1) is 7.99. The zero-order valence-corrected chi connectivity index (χ0v) is 10.4. The molecule has 1 aromatic heterocycles. The third-order valence-electron chi connectivity index (χ3n) is 2.57. The van der Waals surface area contributed by atoms with Gasteiger partial charge in [0.1, 0.15) is 5.82 Å². The molecule has 0 spiro atoms. The van der Waals surface area contributed by atoms with Gasteiger partial charge in [0.05, 0.1) is 15.9 Å². The Bertz CT molecular complexity index is 619. The molecule has 2 aromatic rings. The van der Waals surface area contributed by atoms with E-state index in [0.717, 1.165) is 12.1 Å². The highest BCUT2D eigenvalue weighted by Gasteiger charge is 2.10. The molecule has 0 saturated heterocycles. The van der Waals surface area contributed by atoms with E-state index in [4.69, 9.17) is 11.6 Å². The summed E-state index contributed by atoms with van der Waals surface area (Å²) in [5.74, 6) is -0.128. The Morgan fingerprint density at radius 2 is 2.12 bits per heavy atom. The molecule has 0 atom stereocenters. The summed E-state index contributed by atoms with van der Waals surface area (Å²) in [4.78, 5) is 14.9. The van der Waals surface area contributed by atoms with Crippen molar-refractivity contribution in [2.24, 2.45) is 5.92 Å². The average Bonchev–Trinajstić information content (AvgIpc) is 2.22. The Kier molecular flexibility index (Phi) is 3.20. The molecule has 0 aliphatic heterocycles. The minimum atomic E-state index is -0.540. The second-order valence-corrected chi connectivity index (χ2v) is 4.94. The number of halogens is 2. The van der Waals surface area contributed by atoms with Crippen molar-refractivity contribution in [2.45, 2.75) is 20.3 Å². The van der Waals surface area contributed by atoms with Gasteiger partial charge < -0.3 is 4.98 Å². The third kappa shape index (κ3) is 2.34. The molecule has 4 heteroatoms. The maximum Gasteiger partial charge on any atom is 0.192 e. The fourth-order valence-corrected chi connectivity index (χ4v) is 2.10. The van der Waals surface area contributed by atoms with Crippen molar-refractivity contribution < 1.29 is 4.39 Å². The molecule has 2 rings (SSSR count). The number of rotatable bonds is 2.